The van der Waals surface area contributed by atoms with Crippen molar-refractivity contribution in [3.63, 3.8) is 0 Å². The summed E-state index contributed by atoms with van der Waals surface area (Å²) in [4.78, 5) is 0.0660. The summed E-state index contributed by atoms with van der Waals surface area (Å²) < 4.78 is 39.7. The fourth-order valence-corrected chi connectivity index (χ4v) is 4.03. The monoisotopic (exact) mass is 272 g/mol. The highest BCUT2D eigenvalue weighted by Gasteiger charge is 2.32. The first-order valence-electron chi connectivity index (χ1n) is 5.91. The van der Waals surface area contributed by atoms with Crippen molar-refractivity contribution in [2.24, 2.45) is 0 Å². The van der Waals surface area contributed by atoms with E-state index >= 15 is 0 Å². The smallest absolute Gasteiger partial charge is 0.243 e. The Hall–Kier alpha value is -0.980. The zero-order chi connectivity index (χ0) is 13.3. The molecule has 1 aliphatic heterocycles. The number of aryl methyl sites for hydroxylation is 1. The molecule has 0 bridgehead atoms. The van der Waals surface area contributed by atoms with Gasteiger partial charge in [0.15, 0.2) is 0 Å². The number of nitrogens with zero attached hydrogens (tertiary/aromatic N) is 1. The summed E-state index contributed by atoms with van der Waals surface area (Å²) in [6.45, 7) is 5.18. The van der Waals surface area contributed by atoms with Gasteiger partial charge >= 0.3 is 0 Å². The Morgan fingerprint density at radius 2 is 2.17 bits per heavy atom. The summed E-state index contributed by atoms with van der Waals surface area (Å²) in [6, 6.07) is 3.75. The fourth-order valence-electron chi connectivity index (χ4n) is 2.16. The fraction of sp³-hybridized carbons (Fsp3) is 0.500. The molecule has 1 N–H and O–H groups in total. The zero-order valence-electron chi connectivity index (χ0n) is 10.5. The highest BCUT2D eigenvalue weighted by atomic mass is 32.2. The minimum absolute atomic E-state index is 0.0660. The van der Waals surface area contributed by atoms with E-state index in [9.17, 15) is 12.8 Å². The van der Waals surface area contributed by atoms with E-state index in [0.29, 0.717) is 25.2 Å². The van der Waals surface area contributed by atoms with Crippen LogP contribution >= 0.6 is 0 Å². The van der Waals surface area contributed by atoms with Gasteiger partial charge in [0, 0.05) is 25.7 Å². The highest BCUT2D eigenvalue weighted by Crippen LogP contribution is 2.23. The maximum Gasteiger partial charge on any atom is 0.243 e. The molecular formula is C12H17FN2O2S. The van der Waals surface area contributed by atoms with E-state index in [2.05, 4.69) is 5.32 Å². The molecule has 1 aromatic rings. The van der Waals surface area contributed by atoms with E-state index in [4.69, 9.17) is 0 Å². The van der Waals surface area contributed by atoms with Gasteiger partial charge in [0.25, 0.3) is 0 Å². The lowest BCUT2D eigenvalue weighted by atomic mass is 10.2. The first-order valence-corrected chi connectivity index (χ1v) is 7.35. The van der Waals surface area contributed by atoms with E-state index in [1.807, 2.05) is 6.92 Å². The van der Waals surface area contributed by atoms with Gasteiger partial charge < -0.3 is 5.32 Å². The van der Waals surface area contributed by atoms with Crippen molar-refractivity contribution in [3.05, 3.63) is 29.6 Å². The first-order chi connectivity index (χ1) is 8.43. The van der Waals surface area contributed by atoms with Crippen LogP contribution in [0.5, 0.6) is 0 Å². The average molecular weight is 272 g/mol. The summed E-state index contributed by atoms with van der Waals surface area (Å²) in [5, 5.41) is 3.13. The van der Waals surface area contributed by atoms with Crippen LogP contribution in [0.2, 0.25) is 0 Å². The van der Waals surface area contributed by atoms with Gasteiger partial charge in [-0.05, 0) is 31.5 Å². The quantitative estimate of drug-likeness (QED) is 0.877. The molecule has 1 aliphatic rings. The number of nitrogens with one attached hydrogen (secondary N) is 1. The van der Waals surface area contributed by atoms with E-state index in [1.165, 1.54) is 16.4 Å². The molecule has 1 fully saturated rings. The lowest BCUT2D eigenvalue weighted by Gasteiger charge is -2.33. The predicted octanol–water partition coefficient (Wildman–Crippen LogP) is 1.12. The predicted molar refractivity (Wildman–Crippen MR) is 67.4 cm³/mol. The SMILES string of the molecule is Cc1ccc(F)cc1S(=O)(=O)N1CCNCC1C. The topological polar surface area (TPSA) is 49.4 Å². The molecule has 0 aliphatic carbocycles. The molecule has 0 amide bonds. The van der Waals surface area contributed by atoms with Crippen molar-refractivity contribution in [3.8, 4) is 0 Å². The van der Waals surface area contributed by atoms with Crippen molar-refractivity contribution in [1.29, 1.82) is 0 Å². The Bertz CT molecular complexity index is 545. The van der Waals surface area contributed by atoms with Crippen LogP contribution in [0, 0.1) is 12.7 Å². The van der Waals surface area contributed by atoms with Crippen molar-refractivity contribution in [1.82, 2.24) is 9.62 Å². The van der Waals surface area contributed by atoms with Crippen LogP contribution in [0.1, 0.15) is 12.5 Å². The van der Waals surface area contributed by atoms with Crippen LogP contribution in [0.3, 0.4) is 0 Å². The van der Waals surface area contributed by atoms with E-state index < -0.39 is 15.8 Å². The van der Waals surface area contributed by atoms with Crippen molar-refractivity contribution in [2.75, 3.05) is 19.6 Å². The van der Waals surface area contributed by atoms with Crippen molar-refractivity contribution in [2.45, 2.75) is 24.8 Å². The summed E-state index contributed by atoms with van der Waals surface area (Å²) in [6.07, 6.45) is 0. The zero-order valence-corrected chi connectivity index (χ0v) is 11.3. The van der Waals surface area contributed by atoms with Crippen molar-refractivity contribution >= 4 is 10.0 Å². The van der Waals surface area contributed by atoms with Crippen LogP contribution in [0.25, 0.3) is 0 Å². The summed E-state index contributed by atoms with van der Waals surface area (Å²) in [5.41, 5.74) is 0.571. The maximum absolute atomic E-state index is 13.2. The maximum atomic E-state index is 13.2. The van der Waals surface area contributed by atoms with Crippen LogP contribution in [-0.4, -0.2) is 38.4 Å². The van der Waals surface area contributed by atoms with Gasteiger partial charge in [-0.1, -0.05) is 6.07 Å². The molecule has 1 atom stereocenters. The molecule has 100 valence electrons. The van der Waals surface area contributed by atoms with Gasteiger partial charge in [-0.15, -0.1) is 0 Å². The normalized spacial score (nSPS) is 22.1. The molecule has 4 nitrogen and oxygen atoms in total. The Morgan fingerprint density at radius 3 is 2.83 bits per heavy atom. The highest BCUT2D eigenvalue weighted by molar-refractivity contribution is 7.89. The van der Waals surface area contributed by atoms with E-state index in [-0.39, 0.29) is 10.9 Å². The molecule has 6 heteroatoms. The second-order valence-electron chi connectivity index (χ2n) is 4.58. The number of benzene rings is 1. The summed E-state index contributed by atoms with van der Waals surface area (Å²) in [5.74, 6) is -0.526. The Labute approximate surface area is 107 Å². The average Bonchev–Trinajstić information content (AvgIpc) is 2.32. The number of sulfonamides is 1. The number of rotatable bonds is 2. The minimum Gasteiger partial charge on any atom is -0.314 e. The second-order valence-corrected chi connectivity index (χ2v) is 6.44. The Kier molecular flexibility index (Phi) is 3.70. The van der Waals surface area contributed by atoms with Crippen LogP contribution in [0.15, 0.2) is 23.1 Å². The largest absolute Gasteiger partial charge is 0.314 e. The molecule has 0 saturated carbocycles. The van der Waals surface area contributed by atoms with Crippen LogP contribution in [0.4, 0.5) is 4.39 Å². The van der Waals surface area contributed by atoms with Gasteiger partial charge in [0.2, 0.25) is 10.0 Å². The van der Waals surface area contributed by atoms with E-state index in [1.54, 1.807) is 6.92 Å². The summed E-state index contributed by atoms with van der Waals surface area (Å²) >= 11 is 0. The van der Waals surface area contributed by atoms with Gasteiger partial charge in [0.05, 0.1) is 4.90 Å². The van der Waals surface area contributed by atoms with Gasteiger partial charge in [-0.25, -0.2) is 12.8 Å². The molecule has 0 radical (unpaired) electrons. The molecule has 0 spiro atoms. The molecule has 18 heavy (non-hydrogen) atoms. The van der Waals surface area contributed by atoms with Crippen molar-refractivity contribution < 1.29 is 12.8 Å². The van der Waals surface area contributed by atoms with E-state index in [0.717, 1.165) is 6.07 Å². The second kappa shape index (κ2) is 4.95. The molecule has 2 rings (SSSR count). The third-order valence-electron chi connectivity index (χ3n) is 3.18. The molecule has 1 heterocycles. The number of piperazine rings is 1. The molecular weight excluding hydrogens is 255 g/mol. The third kappa shape index (κ3) is 2.41. The van der Waals surface area contributed by atoms with Gasteiger partial charge in [0.1, 0.15) is 5.82 Å². The van der Waals surface area contributed by atoms with Gasteiger partial charge in [-0.3, -0.25) is 0 Å². The molecule has 0 aromatic heterocycles. The first kappa shape index (κ1) is 13.5. The lowest BCUT2D eigenvalue weighted by molar-refractivity contribution is 0.283. The molecule has 1 saturated heterocycles. The van der Waals surface area contributed by atoms with Crippen LogP contribution in [-0.2, 0) is 10.0 Å². The third-order valence-corrected chi connectivity index (χ3v) is 5.33. The minimum atomic E-state index is -3.61. The Balaban J connectivity index is 2.44. The molecule has 1 unspecified atom stereocenters. The number of hydrogen-bond acceptors (Lipinski definition) is 3. The molecule has 1 aromatic carbocycles. The summed E-state index contributed by atoms with van der Waals surface area (Å²) in [7, 11) is -3.61. The van der Waals surface area contributed by atoms with Gasteiger partial charge in [-0.2, -0.15) is 4.31 Å². The Morgan fingerprint density at radius 1 is 1.44 bits per heavy atom. The lowest BCUT2D eigenvalue weighted by Crippen LogP contribution is -2.52. The van der Waals surface area contributed by atoms with Crippen LogP contribution < -0.4 is 5.32 Å². The standard InChI is InChI=1S/C12H17FN2O2S/c1-9-3-4-11(13)7-12(9)18(16,17)15-6-5-14-8-10(15)2/h3-4,7,10,14H,5-6,8H2,1-2H3. The number of halogens is 1. The number of hydrogen-bond donors (Lipinski definition) is 1.